The van der Waals surface area contributed by atoms with Crippen LogP contribution in [-0.4, -0.2) is 4.98 Å². The zero-order valence-corrected chi connectivity index (χ0v) is 11.1. The van der Waals surface area contributed by atoms with Crippen LogP contribution in [0.4, 0.5) is 0 Å². The van der Waals surface area contributed by atoms with Gasteiger partial charge in [0.15, 0.2) is 0 Å². The highest BCUT2D eigenvalue weighted by atomic mass is 32.1. The number of benzene rings is 1. The highest BCUT2D eigenvalue weighted by Gasteiger charge is 2.18. The Morgan fingerprint density at radius 2 is 2.06 bits per heavy atom. The van der Waals surface area contributed by atoms with E-state index in [1.54, 1.807) is 11.3 Å². The van der Waals surface area contributed by atoms with Crippen LogP contribution in [-0.2, 0) is 0 Å². The smallest absolute Gasteiger partial charge is 0.0900 e. The molecule has 0 fully saturated rings. The van der Waals surface area contributed by atoms with Gasteiger partial charge in [-0.3, -0.25) is 5.84 Å². The Balaban J connectivity index is 2.43. The molecule has 90 valence electrons. The average molecular weight is 247 g/mol. The molecule has 0 bridgehead atoms. The van der Waals surface area contributed by atoms with Crippen molar-refractivity contribution in [2.75, 3.05) is 0 Å². The number of hydrogen-bond donors (Lipinski definition) is 2. The summed E-state index contributed by atoms with van der Waals surface area (Å²) >= 11 is 1.69. The maximum atomic E-state index is 5.69. The fourth-order valence-electron chi connectivity index (χ4n) is 1.99. The van der Waals surface area contributed by atoms with Gasteiger partial charge in [-0.25, -0.2) is 10.4 Å². The van der Waals surface area contributed by atoms with E-state index in [1.807, 2.05) is 13.8 Å². The second kappa shape index (κ2) is 4.96. The molecule has 0 saturated heterocycles. The molecule has 0 aliphatic rings. The zero-order valence-electron chi connectivity index (χ0n) is 10.3. The summed E-state index contributed by atoms with van der Waals surface area (Å²) in [5.74, 6) is 5.69. The Hall–Kier alpha value is -1.23. The molecule has 0 saturated carbocycles. The van der Waals surface area contributed by atoms with Crippen molar-refractivity contribution < 1.29 is 0 Å². The lowest BCUT2D eigenvalue weighted by Crippen LogP contribution is -2.28. The number of hydrazine groups is 1. The van der Waals surface area contributed by atoms with Gasteiger partial charge in [0.05, 0.1) is 21.6 Å². The number of nitrogens with one attached hydrogen (secondary N) is 1. The Morgan fingerprint density at radius 3 is 2.59 bits per heavy atom. The molecule has 1 unspecified atom stereocenters. The van der Waals surface area contributed by atoms with Crippen LogP contribution in [0.15, 0.2) is 24.3 Å². The summed E-state index contributed by atoms with van der Waals surface area (Å²) < 4.78 is 0. The van der Waals surface area contributed by atoms with Crippen molar-refractivity contribution in [3.63, 3.8) is 0 Å². The summed E-state index contributed by atoms with van der Waals surface area (Å²) in [6, 6.07) is 8.41. The SMILES string of the molecule is Cc1cccc(C(NN)c2sc(C)nc2C)c1. The fraction of sp³-hybridized carbons (Fsp3) is 0.308. The van der Waals surface area contributed by atoms with Gasteiger partial charge >= 0.3 is 0 Å². The van der Waals surface area contributed by atoms with Gasteiger partial charge in [-0.15, -0.1) is 11.3 Å². The van der Waals surface area contributed by atoms with E-state index in [4.69, 9.17) is 5.84 Å². The molecule has 17 heavy (non-hydrogen) atoms. The molecule has 1 heterocycles. The lowest BCUT2D eigenvalue weighted by Gasteiger charge is -2.15. The van der Waals surface area contributed by atoms with Gasteiger partial charge in [-0.05, 0) is 26.3 Å². The van der Waals surface area contributed by atoms with Gasteiger partial charge in [0, 0.05) is 0 Å². The van der Waals surface area contributed by atoms with Crippen molar-refractivity contribution in [3.8, 4) is 0 Å². The van der Waals surface area contributed by atoms with Gasteiger partial charge in [0.2, 0.25) is 0 Å². The second-order valence-corrected chi connectivity index (χ2v) is 5.43. The van der Waals surface area contributed by atoms with Gasteiger partial charge in [-0.1, -0.05) is 29.8 Å². The lowest BCUT2D eigenvalue weighted by molar-refractivity contribution is 0.641. The van der Waals surface area contributed by atoms with E-state index < -0.39 is 0 Å². The average Bonchev–Trinajstić information content (AvgIpc) is 2.59. The molecule has 1 atom stereocenters. The molecule has 3 N–H and O–H groups in total. The van der Waals surface area contributed by atoms with Crippen molar-refractivity contribution >= 4 is 11.3 Å². The van der Waals surface area contributed by atoms with E-state index in [0.717, 1.165) is 10.7 Å². The minimum Gasteiger partial charge on any atom is -0.271 e. The summed E-state index contributed by atoms with van der Waals surface area (Å²) in [5.41, 5.74) is 6.36. The van der Waals surface area contributed by atoms with E-state index in [-0.39, 0.29) is 6.04 Å². The third-order valence-corrected chi connectivity index (χ3v) is 3.88. The Bertz CT molecular complexity index is 519. The van der Waals surface area contributed by atoms with Crippen LogP contribution >= 0.6 is 11.3 Å². The summed E-state index contributed by atoms with van der Waals surface area (Å²) in [5, 5.41) is 1.07. The van der Waals surface area contributed by atoms with E-state index in [1.165, 1.54) is 16.0 Å². The van der Waals surface area contributed by atoms with Crippen molar-refractivity contribution in [1.29, 1.82) is 0 Å². The number of nitrogens with two attached hydrogens (primary N) is 1. The van der Waals surface area contributed by atoms with Gasteiger partial charge in [0.1, 0.15) is 0 Å². The fourth-order valence-corrected chi connectivity index (χ4v) is 3.00. The van der Waals surface area contributed by atoms with Gasteiger partial charge in [-0.2, -0.15) is 0 Å². The molecule has 4 heteroatoms. The monoisotopic (exact) mass is 247 g/mol. The van der Waals surface area contributed by atoms with Crippen LogP contribution in [0, 0.1) is 20.8 Å². The maximum Gasteiger partial charge on any atom is 0.0900 e. The molecule has 0 spiro atoms. The third-order valence-electron chi connectivity index (χ3n) is 2.74. The predicted octanol–water partition coefficient (Wildman–Crippen LogP) is 2.62. The minimum atomic E-state index is 0.0288. The number of rotatable bonds is 3. The summed E-state index contributed by atoms with van der Waals surface area (Å²) in [6.45, 7) is 6.13. The number of thiazole rings is 1. The zero-order chi connectivity index (χ0) is 12.4. The molecule has 0 aliphatic heterocycles. The predicted molar refractivity (Wildman–Crippen MR) is 71.9 cm³/mol. The quantitative estimate of drug-likeness (QED) is 0.647. The van der Waals surface area contributed by atoms with Gasteiger partial charge in [0.25, 0.3) is 0 Å². The molecule has 2 rings (SSSR count). The van der Waals surface area contributed by atoms with E-state index >= 15 is 0 Å². The van der Waals surface area contributed by atoms with E-state index in [9.17, 15) is 0 Å². The minimum absolute atomic E-state index is 0.0288. The summed E-state index contributed by atoms with van der Waals surface area (Å²) in [6.07, 6.45) is 0. The van der Waals surface area contributed by atoms with Crippen LogP contribution in [0.25, 0.3) is 0 Å². The van der Waals surface area contributed by atoms with E-state index in [0.29, 0.717) is 0 Å². The standard InChI is InChI=1S/C13H17N3S/c1-8-5-4-6-11(7-8)12(16-14)13-9(2)15-10(3)17-13/h4-7,12,16H,14H2,1-3H3. The third kappa shape index (κ3) is 2.54. The lowest BCUT2D eigenvalue weighted by atomic mass is 10.0. The first kappa shape index (κ1) is 12.2. The molecular weight excluding hydrogens is 230 g/mol. The largest absolute Gasteiger partial charge is 0.271 e. The van der Waals surface area contributed by atoms with Crippen LogP contribution < -0.4 is 11.3 Å². The van der Waals surface area contributed by atoms with Crippen molar-refractivity contribution in [2.45, 2.75) is 26.8 Å². The number of nitrogens with zero attached hydrogens (tertiary/aromatic N) is 1. The van der Waals surface area contributed by atoms with Crippen LogP contribution in [0.5, 0.6) is 0 Å². The number of aromatic nitrogens is 1. The molecule has 1 aromatic carbocycles. The highest BCUT2D eigenvalue weighted by molar-refractivity contribution is 7.11. The molecule has 2 aromatic rings. The van der Waals surface area contributed by atoms with Crippen molar-refractivity contribution in [2.24, 2.45) is 5.84 Å². The second-order valence-electron chi connectivity index (χ2n) is 4.20. The van der Waals surface area contributed by atoms with Crippen LogP contribution in [0.3, 0.4) is 0 Å². The number of hydrogen-bond acceptors (Lipinski definition) is 4. The highest BCUT2D eigenvalue weighted by Crippen LogP contribution is 2.29. The molecule has 0 radical (unpaired) electrons. The van der Waals surface area contributed by atoms with Crippen molar-refractivity contribution in [3.05, 3.63) is 51.0 Å². The Kier molecular flexibility index (Phi) is 3.57. The first-order valence-electron chi connectivity index (χ1n) is 5.58. The Labute approximate surface area is 106 Å². The molecule has 0 aliphatic carbocycles. The molecule has 0 amide bonds. The Morgan fingerprint density at radius 1 is 1.29 bits per heavy atom. The number of aryl methyl sites for hydroxylation is 3. The van der Waals surface area contributed by atoms with Gasteiger partial charge < -0.3 is 0 Å². The van der Waals surface area contributed by atoms with Crippen molar-refractivity contribution in [1.82, 2.24) is 10.4 Å². The topological polar surface area (TPSA) is 50.9 Å². The first-order chi connectivity index (χ1) is 8.11. The molecule has 1 aromatic heterocycles. The first-order valence-corrected chi connectivity index (χ1v) is 6.40. The maximum absolute atomic E-state index is 5.69. The van der Waals surface area contributed by atoms with Crippen LogP contribution in [0.2, 0.25) is 0 Å². The summed E-state index contributed by atoms with van der Waals surface area (Å²) in [4.78, 5) is 5.64. The van der Waals surface area contributed by atoms with Crippen LogP contribution in [0.1, 0.15) is 32.7 Å². The normalized spacial score (nSPS) is 12.7. The molecular formula is C13H17N3S. The van der Waals surface area contributed by atoms with E-state index in [2.05, 4.69) is 41.6 Å². The molecule has 3 nitrogen and oxygen atoms in total. The summed E-state index contributed by atoms with van der Waals surface area (Å²) in [7, 11) is 0.